The Hall–Kier alpha value is -1.28. The summed E-state index contributed by atoms with van der Waals surface area (Å²) in [5, 5.41) is 0. The molecule has 0 saturated carbocycles. The van der Waals surface area contributed by atoms with Crippen molar-refractivity contribution in [1.82, 2.24) is 0 Å². The molecule has 0 spiro atoms. The maximum atomic E-state index is 5.65. The second kappa shape index (κ2) is 4.29. The Balaban J connectivity index is 2.04. The van der Waals surface area contributed by atoms with Crippen molar-refractivity contribution < 1.29 is 9.47 Å². The molecule has 1 aromatic rings. The van der Waals surface area contributed by atoms with E-state index in [0.717, 1.165) is 30.8 Å². The van der Waals surface area contributed by atoms with Crippen molar-refractivity contribution in [2.24, 2.45) is 0 Å². The Morgan fingerprint density at radius 3 is 3.14 bits per heavy atom. The van der Waals surface area contributed by atoms with Crippen LogP contribution in [-0.4, -0.2) is 12.9 Å². The molecule has 2 heteroatoms. The van der Waals surface area contributed by atoms with Crippen molar-refractivity contribution in [2.75, 3.05) is 6.61 Å². The van der Waals surface area contributed by atoms with Crippen molar-refractivity contribution >= 4 is 6.08 Å². The third kappa shape index (κ3) is 2.15. The molecule has 74 valence electrons. The summed E-state index contributed by atoms with van der Waals surface area (Å²) in [5.74, 6) is 0.856. The second-order valence-corrected chi connectivity index (χ2v) is 3.34. The Morgan fingerprint density at radius 2 is 2.43 bits per heavy atom. The predicted molar refractivity (Wildman–Crippen MR) is 56.1 cm³/mol. The molecule has 1 aliphatic rings. The van der Waals surface area contributed by atoms with Gasteiger partial charge in [-0.25, -0.2) is 0 Å². The lowest BCUT2D eigenvalue weighted by molar-refractivity contribution is -0.0390. The minimum Gasteiger partial charge on any atom is -0.465 e. The van der Waals surface area contributed by atoms with Gasteiger partial charge in [0.25, 0.3) is 0 Å². The molecule has 0 N–H and O–H groups in total. The smallest absolute Gasteiger partial charge is 0.199 e. The Bertz CT molecular complexity index is 314. The van der Waals surface area contributed by atoms with E-state index in [-0.39, 0.29) is 6.29 Å². The summed E-state index contributed by atoms with van der Waals surface area (Å²) in [6.07, 6.45) is 3.82. The Kier molecular flexibility index (Phi) is 2.84. The molecule has 2 rings (SSSR count). The monoisotopic (exact) mass is 190 g/mol. The van der Waals surface area contributed by atoms with Gasteiger partial charge in [0.2, 0.25) is 0 Å². The minimum absolute atomic E-state index is 0.0601. The molecule has 1 aromatic carbocycles. The molecule has 1 fully saturated rings. The van der Waals surface area contributed by atoms with Gasteiger partial charge in [-0.1, -0.05) is 24.8 Å². The summed E-state index contributed by atoms with van der Waals surface area (Å²) < 4.78 is 11.0. The fourth-order valence-electron chi connectivity index (χ4n) is 1.51. The first-order valence-electron chi connectivity index (χ1n) is 4.89. The van der Waals surface area contributed by atoms with Gasteiger partial charge < -0.3 is 9.47 Å². The second-order valence-electron chi connectivity index (χ2n) is 3.34. The van der Waals surface area contributed by atoms with E-state index in [0.29, 0.717) is 0 Å². The molecule has 1 heterocycles. The molecular formula is C12H14O2. The summed E-state index contributed by atoms with van der Waals surface area (Å²) in [7, 11) is 0. The van der Waals surface area contributed by atoms with Crippen LogP contribution in [0.5, 0.6) is 5.75 Å². The summed E-state index contributed by atoms with van der Waals surface area (Å²) in [6, 6.07) is 7.86. The van der Waals surface area contributed by atoms with Gasteiger partial charge in [0.05, 0.1) is 6.61 Å². The van der Waals surface area contributed by atoms with Gasteiger partial charge in [0.1, 0.15) is 5.75 Å². The van der Waals surface area contributed by atoms with E-state index >= 15 is 0 Å². The number of benzene rings is 1. The first-order chi connectivity index (χ1) is 6.88. The van der Waals surface area contributed by atoms with E-state index in [2.05, 4.69) is 6.58 Å². The normalized spacial score (nSPS) is 20.7. The molecule has 0 aromatic heterocycles. The molecule has 0 aliphatic carbocycles. The number of ether oxygens (including phenoxy) is 2. The van der Waals surface area contributed by atoms with Gasteiger partial charge >= 0.3 is 0 Å². The van der Waals surface area contributed by atoms with Crippen molar-refractivity contribution in [3.8, 4) is 5.75 Å². The highest BCUT2D eigenvalue weighted by atomic mass is 16.7. The van der Waals surface area contributed by atoms with E-state index in [1.54, 1.807) is 0 Å². The maximum Gasteiger partial charge on any atom is 0.199 e. The van der Waals surface area contributed by atoms with Crippen LogP contribution in [0.25, 0.3) is 6.08 Å². The quantitative estimate of drug-likeness (QED) is 0.729. The van der Waals surface area contributed by atoms with E-state index < -0.39 is 0 Å². The average molecular weight is 190 g/mol. The first-order valence-corrected chi connectivity index (χ1v) is 4.89. The summed E-state index contributed by atoms with van der Waals surface area (Å²) in [4.78, 5) is 0. The lowest BCUT2D eigenvalue weighted by Gasteiger charge is -2.12. The van der Waals surface area contributed by atoms with Gasteiger partial charge in [-0.05, 0) is 24.1 Å². The third-order valence-corrected chi connectivity index (χ3v) is 2.25. The Labute approximate surface area is 84.2 Å². The lowest BCUT2D eigenvalue weighted by Crippen LogP contribution is -2.13. The van der Waals surface area contributed by atoms with E-state index in [9.17, 15) is 0 Å². The van der Waals surface area contributed by atoms with E-state index in [1.807, 2.05) is 30.3 Å². The van der Waals surface area contributed by atoms with E-state index in [1.165, 1.54) is 0 Å². The average Bonchev–Trinajstić information content (AvgIpc) is 2.71. The lowest BCUT2D eigenvalue weighted by atomic mass is 10.2. The molecule has 2 nitrogen and oxygen atoms in total. The van der Waals surface area contributed by atoms with Crippen LogP contribution >= 0.6 is 0 Å². The van der Waals surface area contributed by atoms with Gasteiger partial charge in [0, 0.05) is 6.42 Å². The number of hydrogen-bond donors (Lipinski definition) is 0. The van der Waals surface area contributed by atoms with Crippen molar-refractivity contribution in [1.29, 1.82) is 0 Å². The maximum absolute atomic E-state index is 5.65. The van der Waals surface area contributed by atoms with Crippen LogP contribution in [-0.2, 0) is 4.74 Å². The van der Waals surface area contributed by atoms with Crippen LogP contribution in [0.15, 0.2) is 30.8 Å². The molecule has 14 heavy (non-hydrogen) atoms. The fourth-order valence-corrected chi connectivity index (χ4v) is 1.51. The highest BCUT2D eigenvalue weighted by Crippen LogP contribution is 2.20. The molecule has 1 aliphatic heterocycles. The Morgan fingerprint density at radius 1 is 1.50 bits per heavy atom. The highest BCUT2D eigenvalue weighted by molar-refractivity contribution is 5.49. The largest absolute Gasteiger partial charge is 0.465 e. The summed E-state index contributed by atoms with van der Waals surface area (Å²) in [5.41, 5.74) is 1.07. The van der Waals surface area contributed by atoms with Crippen LogP contribution in [0.4, 0.5) is 0 Å². The number of rotatable bonds is 3. The predicted octanol–water partition coefficient (Wildman–Crippen LogP) is 2.84. The zero-order chi connectivity index (χ0) is 9.80. The molecule has 1 unspecified atom stereocenters. The zero-order valence-corrected chi connectivity index (χ0v) is 8.11. The molecular weight excluding hydrogens is 176 g/mol. The third-order valence-electron chi connectivity index (χ3n) is 2.25. The van der Waals surface area contributed by atoms with Crippen LogP contribution in [0, 0.1) is 0 Å². The van der Waals surface area contributed by atoms with Gasteiger partial charge in [-0.15, -0.1) is 0 Å². The van der Waals surface area contributed by atoms with Crippen LogP contribution in [0.1, 0.15) is 18.4 Å². The molecule has 0 amide bonds. The highest BCUT2D eigenvalue weighted by Gasteiger charge is 2.16. The molecule has 1 atom stereocenters. The van der Waals surface area contributed by atoms with Gasteiger partial charge in [0.15, 0.2) is 6.29 Å². The zero-order valence-electron chi connectivity index (χ0n) is 8.11. The van der Waals surface area contributed by atoms with Crippen LogP contribution in [0.2, 0.25) is 0 Å². The van der Waals surface area contributed by atoms with Gasteiger partial charge in [-0.3, -0.25) is 0 Å². The topological polar surface area (TPSA) is 18.5 Å². The van der Waals surface area contributed by atoms with Crippen molar-refractivity contribution in [2.45, 2.75) is 19.1 Å². The SMILES string of the molecule is C=Cc1cccc(OC2CCCO2)c1. The van der Waals surface area contributed by atoms with Gasteiger partial charge in [-0.2, -0.15) is 0 Å². The molecule has 0 bridgehead atoms. The fraction of sp³-hybridized carbons (Fsp3) is 0.333. The number of hydrogen-bond acceptors (Lipinski definition) is 2. The first kappa shape index (κ1) is 9.28. The summed E-state index contributed by atoms with van der Waals surface area (Å²) >= 11 is 0. The standard InChI is InChI=1S/C12H14O2/c1-2-10-5-3-6-11(9-10)14-12-7-4-8-13-12/h2-3,5-6,9,12H,1,4,7-8H2. The molecule has 0 radical (unpaired) electrons. The summed E-state index contributed by atoms with van der Waals surface area (Å²) in [6.45, 7) is 4.53. The minimum atomic E-state index is -0.0601. The van der Waals surface area contributed by atoms with Crippen molar-refractivity contribution in [3.05, 3.63) is 36.4 Å². The molecule has 1 saturated heterocycles. The van der Waals surface area contributed by atoms with Crippen molar-refractivity contribution in [3.63, 3.8) is 0 Å². The van der Waals surface area contributed by atoms with Crippen LogP contribution in [0.3, 0.4) is 0 Å². The van der Waals surface area contributed by atoms with E-state index in [4.69, 9.17) is 9.47 Å². The van der Waals surface area contributed by atoms with Crippen LogP contribution < -0.4 is 4.74 Å².